The summed E-state index contributed by atoms with van der Waals surface area (Å²) in [6.45, 7) is 2.09. The number of nitrogens with zero attached hydrogens (tertiary/aromatic N) is 2. The Morgan fingerprint density at radius 1 is 1.13 bits per heavy atom. The number of amides is 1. The maximum Gasteiger partial charge on any atom is 0.234 e. The van der Waals surface area contributed by atoms with Gasteiger partial charge in [-0.2, -0.15) is 0 Å². The van der Waals surface area contributed by atoms with Crippen LogP contribution in [0, 0.1) is 0 Å². The quantitative estimate of drug-likeness (QED) is 0.571. The van der Waals surface area contributed by atoms with E-state index in [2.05, 4.69) is 28.3 Å². The van der Waals surface area contributed by atoms with Crippen LogP contribution in [0.2, 0.25) is 0 Å². The van der Waals surface area contributed by atoms with E-state index in [0.29, 0.717) is 5.75 Å². The Kier molecular flexibility index (Phi) is 4.88. The minimum absolute atomic E-state index is 0.0362. The van der Waals surface area contributed by atoms with E-state index >= 15 is 0 Å². The Labute approximate surface area is 139 Å². The molecule has 0 unspecified atom stereocenters. The second-order valence-electron chi connectivity index (χ2n) is 5.09. The molecule has 1 N–H and O–H groups in total. The van der Waals surface area contributed by atoms with E-state index in [4.69, 9.17) is 0 Å². The molecule has 3 rings (SSSR count). The predicted octanol–water partition coefficient (Wildman–Crippen LogP) is 3.92. The summed E-state index contributed by atoms with van der Waals surface area (Å²) < 4.78 is 0. The zero-order chi connectivity index (χ0) is 16.1. The van der Waals surface area contributed by atoms with Gasteiger partial charge in [-0.05, 0) is 30.2 Å². The van der Waals surface area contributed by atoms with Crippen molar-refractivity contribution in [3.63, 3.8) is 0 Å². The number of nitrogens with one attached hydrogen (secondary N) is 1. The van der Waals surface area contributed by atoms with E-state index in [-0.39, 0.29) is 5.91 Å². The van der Waals surface area contributed by atoms with Crippen molar-refractivity contribution < 1.29 is 4.79 Å². The summed E-state index contributed by atoms with van der Waals surface area (Å²) in [5.41, 5.74) is 2.93. The summed E-state index contributed by atoms with van der Waals surface area (Å²) in [7, 11) is 0. The first kappa shape index (κ1) is 15.5. The molecule has 1 heterocycles. The molecule has 5 heteroatoms. The number of benzene rings is 2. The second-order valence-corrected chi connectivity index (χ2v) is 6.05. The van der Waals surface area contributed by atoms with Crippen molar-refractivity contribution in [3.05, 3.63) is 60.4 Å². The lowest BCUT2D eigenvalue weighted by Crippen LogP contribution is -2.14. The molecular weight excluding hydrogens is 306 g/mol. The van der Waals surface area contributed by atoms with Crippen LogP contribution in [0.15, 0.2) is 59.9 Å². The van der Waals surface area contributed by atoms with Crippen LogP contribution in [0.1, 0.15) is 12.5 Å². The van der Waals surface area contributed by atoms with Gasteiger partial charge in [0.2, 0.25) is 5.91 Å². The molecule has 0 spiro atoms. The van der Waals surface area contributed by atoms with Crippen molar-refractivity contribution in [2.24, 2.45) is 0 Å². The third-order valence-corrected chi connectivity index (χ3v) is 4.47. The van der Waals surface area contributed by atoms with Crippen LogP contribution in [0.3, 0.4) is 0 Å². The average Bonchev–Trinajstić information content (AvgIpc) is 2.60. The predicted molar refractivity (Wildman–Crippen MR) is 94.7 cm³/mol. The van der Waals surface area contributed by atoms with Gasteiger partial charge in [0.25, 0.3) is 0 Å². The molecule has 23 heavy (non-hydrogen) atoms. The Balaban J connectivity index is 1.66. The number of fused-ring (bicyclic) bond motifs is 1. The zero-order valence-electron chi connectivity index (χ0n) is 12.8. The van der Waals surface area contributed by atoms with Crippen molar-refractivity contribution in [2.45, 2.75) is 18.4 Å². The monoisotopic (exact) mass is 323 g/mol. The fraction of sp³-hybridized carbons (Fsp3) is 0.167. The molecule has 0 aliphatic carbocycles. The van der Waals surface area contributed by atoms with E-state index in [1.54, 1.807) is 0 Å². The van der Waals surface area contributed by atoms with Gasteiger partial charge < -0.3 is 5.32 Å². The number of rotatable bonds is 5. The molecule has 0 saturated heterocycles. The first-order valence-corrected chi connectivity index (χ1v) is 8.46. The fourth-order valence-electron chi connectivity index (χ4n) is 2.30. The number of aryl methyl sites for hydroxylation is 1. The summed E-state index contributed by atoms with van der Waals surface area (Å²) in [6, 6.07) is 15.7. The minimum atomic E-state index is -0.0362. The number of anilines is 1. The fourth-order valence-corrected chi connectivity index (χ4v) is 3.08. The van der Waals surface area contributed by atoms with Crippen LogP contribution < -0.4 is 5.32 Å². The molecule has 3 aromatic rings. The molecule has 0 aliphatic heterocycles. The van der Waals surface area contributed by atoms with Crippen LogP contribution in [-0.2, 0) is 11.2 Å². The first-order valence-electron chi connectivity index (χ1n) is 7.47. The molecule has 116 valence electrons. The van der Waals surface area contributed by atoms with E-state index in [9.17, 15) is 4.79 Å². The van der Waals surface area contributed by atoms with Gasteiger partial charge in [0, 0.05) is 11.1 Å². The number of para-hydroxylation sites is 1. The normalized spacial score (nSPS) is 10.7. The molecule has 4 nitrogen and oxygen atoms in total. The Morgan fingerprint density at radius 2 is 2.00 bits per heavy atom. The van der Waals surface area contributed by atoms with Crippen molar-refractivity contribution >= 4 is 34.3 Å². The Morgan fingerprint density at radius 3 is 2.87 bits per heavy atom. The highest BCUT2D eigenvalue weighted by Crippen LogP contribution is 2.24. The third kappa shape index (κ3) is 3.87. The van der Waals surface area contributed by atoms with Crippen molar-refractivity contribution in [3.8, 4) is 0 Å². The van der Waals surface area contributed by atoms with Crippen molar-refractivity contribution in [1.29, 1.82) is 0 Å². The maximum absolute atomic E-state index is 12.1. The molecule has 0 radical (unpaired) electrons. The van der Waals surface area contributed by atoms with Crippen LogP contribution in [0.5, 0.6) is 0 Å². The van der Waals surface area contributed by atoms with Crippen molar-refractivity contribution in [2.75, 3.05) is 11.1 Å². The van der Waals surface area contributed by atoms with Gasteiger partial charge in [0.1, 0.15) is 11.4 Å². The summed E-state index contributed by atoms with van der Waals surface area (Å²) in [5.74, 6) is 0.281. The maximum atomic E-state index is 12.1. The van der Waals surface area contributed by atoms with E-state index < -0.39 is 0 Å². The van der Waals surface area contributed by atoms with Gasteiger partial charge in [-0.3, -0.25) is 4.79 Å². The highest BCUT2D eigenvalue weighted by atomic mass is 32.2. The molecule has 2 aromatic carbocycles. The van der Waals surface area contributed by atoms with Crippen LogP contribution >= 0.6 is 11.8 Å². The molecule has 0 bridgehead atoms. The zero-order valence-corrected chi connectivity index (χ0v) is 13.6. The third-order valence-electron chi connectivity index (χ3n) is 3.47. The highest BCUT2D eigenvalue weighted by Gasteiger charge is 2.08. The molecular formula is C18H17N3OS. The number of hydrogen-bond donors (Lipinski definition) is 1. The lowest BCUT2D eigenvalue weighted by molar-refractivity contribution is -0.113. The smallest absolute Gasteiger partial charge is 0.234 e. The van der Waals surface area contributed by atoms with Gasteiger partial charge in [-0.25, -0.2) is 9.97 Å². The summed E-state index contributed by atoms with van der Waals surface area (Å²) in [6.07, 6.45) is 2.48. The topological polar surface area (TPSA) is 54.9 Å². The number of carbonyl (C=O) groups is 1. The first-order chi connectivity index (χ1) is 11.3. The van der Waals surface area contributed by atoms with Crippen LogP contribution in [-0.4, -0.2) is 21.6 Å². The Hall–Kier alpha value is -2.40. The highest BCUT2D eigenvalue weighted by molar-refractivity contribution is 8.00. The number of hydrogen-bond acceptors (Lipinski definition) is 4. The standard InChI is InChI=1S/C18H17N3OS/c1-2-13-6-5-7-14(10-13)21-17(22)11-23-18-15-8-3-4-9-16(15)19-12-20-18/h3-10,12H,2,11H2,1H3,(H,21,22). The second kappa shape index (κ2) is 7.24. The molecule has 1 amide bonds. The van der Waals surface area contributed by atoms with Gasteiger partial charge in [-0.15, -0.1) is 0 Å². The SMILES string of the molecule is CCc1cccc(NC(=O)CSc2ncnc3ccccc23)c1. The molecule has 0 atom stereocenters. The number of aromatic nitrogens is 2. The molecule has 0 aliphatic rings. The van der Waals surface area contributed by atoms with E-state index in [0.717, 1.165) is 28.0 Å². The molecule has 0 fully saturated rings. The van der Waals surface area contributed by atoms with Crippen molar-refractivity contribution in [1.82, 2.24) is 9.97 Å². The van der Waals surface area contributed by atoms with Crippen LogP contribution in [0.4, 0.5) is 5.69 Å². The molecule has 1 aromatic heterocycles. The Bertz CT molecular complexity index is 830. The number of thioether (sulfide) groups is 1. The van der Waals surface area contributed by atoms with Gasteiger partial charge in [-0.1, -0.05) is 49.0 Å². The van der Waals surface area contributed by atoms with Gasteiger partial charge >= 0.3 is 0 Å². The number of carbonyl (C=O) groups excluding carboxylic acids is 1. The largest absolute Gasteiger partial charge is 0.325 e. The van der Waals surface area contributed by atoms with Gasteiger partial charge in [0.15, 0.2) is 0 Å². The van der Waals surface area contributed by atoms with E-state index in [1.807, 2.05) is 42.5 Å². The van der Waals surface area contributed by atoms with Gasteiger partial charge in [0.05, 0.1) is 11.3 Å². The minimum Gasteiger partial charge on any atom is -0.325 e. The van der Waals surface area contributed by atoms with Crippen LogP contribution in [0.25, 0.3) is 10.9 Å². The molecule has 0 saturated carbocycles. The lowest BCUT2D eigenvalue weighted by atomic mass is 10.1. The average molecular weight is 323 g/mol. The summed E-state index contributed by atoms with van der Waals surface area (Å²) >= 11 is 1.42. The summed E-state index contributed by atoms with van der Waals surface area (Å²) in [5, 5.41) is 4.73. The van der Waals surface area contributed by atoms with E-state index in [1.165, 1.54) is 23.7 Å². The summed E-state index contributed by atoms with van der Waals surface area (Å²) in [4.78, 5) is 20.7. The lowest BCUT2D eigenvalue weighted by Gasteiger charge is -2.07.